The monoisotopic (exact) mass is 529 g/mol. The molecule has 0 spiro atoms. The number of thiophene rings is 2. The van der Waals surface area contributed by atoms with E-state index in [2.05, 4.69) is 10.6 Å². The number of fused-ring (bicyclic) bond motifs is 1. The molecule has 1 atom stereocenters. The van der Waals surface area contributed by atoms with Gasteiger partial charge in [0.05, 0.1) is 32.7 Å². The van der Waals surface area contributed by atoms with Crippen LogP contribution in [-0.4, -0.2) is 43.3 Å². The molecule has 11 heteroatoms. The van der Waals surface area contributed by atoms with E-state index in [1.807, 2.05) is 35.0 Å². The first-order chi connectivity index (χ1) is 17.5. The first-order valence-electron chi connectivity index (χ1n) is 11.3. The molecule has 0 radical (unpaired) electrons. The maximum Gasteiger partial charge on any atom is 0.315 e. The van der Waals surface area contributed by atoms with Gasteiger partial charge in [0.2, 0.25) is 12.7 Å². The highest BCUT2D eigenvalue weighted by Crippen LogP contribution is 2.34. The van der Waals surface area contributed by atoms with E-state index >= 15 is 0 Å². The van der Waals surface area contributed by atoms with Crippen LogP contribution in [0.25, 0.3) is 0 Å². The van der Waals surface area contributed by atoms with Gasteiger partial charge in [-0.2, -0.15) is 0 Å². The lowest BCUT2D eigenvalue weighted by molar-refractivity contribution is -0.141. The van der Waals surface area contributed by atoms with Crippen molar-refractivity contribution in [3.8, 4) is 11.5 Å². The average Bonchev–Trinajstić information content (AvgIpc) is 3.65. The molecule has 190 valence electrons. The summed E-state index contributed by atoms with van der Waals surface area (Å²) >= 11 is 3.21. The summed E-state index contributed by atoms with van der Waals surface area (Å²) in [5.74, 6) is 0.629. The van der Waals surface area contributed by atoms with E-state index in [9.17, 15) is 14.4 Å². The lowest BCUT2D eigenvalue weighted by Gasteiger charge is -2.22. The molecule has 36 heavy (non-hydrogen) atoms. The van der Waals surface area contributed by atoms with Crippen LogP contribution in [0, 0.1) is 0 Å². The van der Waals surface area contributed by atoms with E-state index in [1.165, 1.54) is 7.11 Å². The van der Waals surface area contributed by atoms with E-state index in [4.69, 9.17) is 14.2 Å². The Hall–Kier alpha value is -3.57. The van der Waals surface area contributed by atoms with E-state index in [1.54, 1.807) is 45.8 Å². The highest BCUT2D eigenvalue weighted by Gasteiger charge is 2.23. The number of carbonyl (C=O) groups excluding carboxylic acids is 3. The van der Waals surface area contributed by atoms with Crippen LogP contribution < -0.4 is 20.1 Å². The zero-order valence-corrected chi connectivity index (χ0v) is 21.4. The largest absolute Gasteiger partial charge is 0.469 e. The molecule has 1 aliphatic heterocycles. The van der Waals surface area contributed by atoms with Crippen LogP contribution in [0.15, 0.2) is 53.2 Å². The van der Waals surface area contributed by atoms with Crippen LogP contribution >= 0.6 is 22.7 Å². The van der Waals surface area contributed by atoms with Gasteiger partial charge in [0.1, 0.15) is 0 Å². The molecule has 1 unspecified atom stereocenters. The van der Waals surface area contributed by atoms with Crippen molar-refractivity contribution in [2.75, 3.05) is 20.4 Å². The Bertz CT molecular complexity index is 1130. The quantitative estimate of drug-likeness (QED) is 0.363. The third-order valence-electron chi connectivity index (χ3n) is 5.53. The third kappa shape index (κ3) is 6.98. The lowest BCUT2D eigenvalue weighted by Crippen LogP contribution is -2.40. The molecule has 4 rings (SSSR count). The van der Waals surface area contributed by atoms with Gasteiger partial charge in [-0.05, 0) is 40.6 Å². The minimum Gasteiger partial charge on any atom is -0.469 e. The van der Waals surface area contributed by atoms with E-state index in [0.29, 0.717) is 30.2 Å². The first kappa shape index (κ1) is 25.5. The van der Waals surface area contributed by atoms with Crippen LogP contribution in [0.4, 0.5) is 4.79 Å². The number of methoxy groups -OCH3 is 1. The average molecular weight is 530 g/mol. The number of hydrogen-bond donors (Lipinski definition) is 2. The Morgan fingerprint density at radius 3 is 2.36 bits per heavy atom. The smallest absolute Gasteiger partial charge is 0.315 e. The molecule has 2 N–H and O–H groups in total. The summed E-state index contributed by atoms with van der Waals surface area (Å²) in [5.41, 5.74) is 0.675. The van der Waals surface area contributed by atoms with Gasteiger partial charge in [-0.1, -0.05) is 18.2 Å². The number of ether oxygens (including phenoxy) is 3. The fourth-order valence-corrected chi connectivity index (χ4v) is 5.13. The van der Waals surface area contributed by atoms with Gasteiger partial charge in [0, 0.05) is 22.7 Å². The van der Waals surface area contributed by atoms with Gasteiger partial charge in [-0.3, -0.25) is 9.59 Å². The summed E-state index contributed by atoms with van der Waals surface area (Å²) in [4.78, 5) is 41.6. The van der Waals surface area contributed by atoms with Crippen LogP contribution in [0.2, 0.25) is 0 Å². The number of hydrogen-bond acceptors (Lipinski definition) is 8. The predicted octanol–water partition coefficient (Wildman–Crippen LogP) is 4.06. The van der Waals surface area contributed by atoms with Crippen LogP contribution in [0.1, 0.15) is 34.2 Å². The van der Waals surface area contributed by atoms with Gasteiger partial charge in [0.15, 0.2) is 11.5 Å². The number of urea groups is 1. The summed E-state index contributed by atoms with van der Waals surface area (Å²) in [5, 5.41) is 9.50. The molecule has 0 aliphatic carbocycles. The zero-order valence-electron chi connectivity index (χ0n) is 19.7. The summed E-state index contributed by atoms with van der Waals surface area (Å²) in [6, 6.07) is 12.0. The fraction of sp³-hybridized carbons (Fsp3) is 0.320. The summed E-state index contributed by atoms with van der Waals surface area (Å²) in [6.07, 6.45) is 0.0910. The molecule has 0 saturated carbocycles. The topological polar surface area (TPSA) is 106 Å². The summed E-state index contributed by atoms with van der Waals surface area (Å²) in [6.45, 7) is 1.32. The van der Waals surface area contributed by atoms with E-state index < -0.39 is 18.0 Å². The van der Waals surface area contributed by atoms with Crippen molar-refractivity contribution >= 4 is 40.6 Å². The zero-order chi connectivity index (χ0) is 25.3. The molecule has 3 aromatic rings. The second kappa shape index (κ2) is 12.4. The second-order valence-corrected chi connectivity index (χ2v) is 10.1. The van der Waals surface area contributed by atoms with Crippen LogP contribution in [0.5, 0.6) is 11.5 Å². The lowest BCUT2D eigenvalue weighted by atomic mass is 10.0. The number of rotatable bonds is 11. The number of esters is 1. The number of carbonyl (C=O) groups is 3. The molecule has 0 fully saturated rings. The Balaban J connectivity index is 1.33. The van der Waals surface area contributed by atoms with Crippen molar-refractivity contribution < 1.29 is 28.6 Å². The van der Waals surface area contributed by atoms with Crippen molar-refractivity contribution in [3.63, 3.8) is 0 Å². The molecule has 1 aromatic carbocycles. The highest BCUT2D eigenvalue weighted by atomic mass is 32.1. The molecule has 3 amide bonds. The van der Waals surface area contributed by atoms with Crippen molar-refractivity contribution in [1.29, 1.82) is 0 Å². The van der Waals surface area contributed by atoms with Crippen molar-refractivity contribution in [3.05, 3.63) is 68.5 Å². The maximum atomic E-state index is 13.0. The molecule has 2 aromatic heterocycles. The third-order valence-corrected chi connectivity index (χ3v) is 7.26. The summed E-state index contributed by atoms with van der Waals surface area (Å²) < 4.78 is 15.5. The number of benzene rings is 1. The predicted molar refractivity (Wildman–Crippen MR) is 136 cm³/mol. The Labute approximate surface area is 217 Å². The molecule has 0 bridgehead atoms. The SMILES string of the molecule is COC(=O)CC(NC(=O)NCCC(=O)N(Cc1cccs1)Cc1cccs1)c1ccc2c(c1)OCO2. The van der Waals surface area contributed by atoms with Gasteiger partial charge < -0.3 is 29.7 Å². The summed E-state index contributed by atoms with van der Waals surface area (Å²) in [7, 11) is 1.29. The first-order valence-corrected chi connectivity index (χ1v) is 13.1. The molecule has 9 nitrogen and oxygen atoms in total. The standard InChI is InChI=1S/C25H27N3O6S2/c1-32-24(30)13-20(17-6-7-21-22(12-17)34-16-33-21)27-25(31)26-9-8-23(29)28(14-18-4-2-10-35-18)15-19-5-3-11-36-19/h2-7,10-12,20H,8-9,13-16H2,1H3,(H2,26,27,31). The van der Waals surface area contributed by atoms with Crippen molar-refractivity contribution in [2.45, 2.75) is 32.0 Å². The maximum absolute atomic E-state index is 13.0. The molecular formula is C25H27N3O6S2. The van der Waals surface area contributed by atoms with Gasteiger partial charge in [-0.15, -0.1) is 22.7 Å². The Kier molecular flexibility index (Phi) is 8.80. The van der Waals surface area contributed by atoms with Gasteiger partial charge in [0.25, 0.3) is 0 Å². The number of nitrogens with zero attached hydrogens (tertiary/aromatic N) is 1. The Morgan fingerprint density at radius 2 is 1.72 bits per heavy atom. The van der Waals surface area contributed by atoms with Gasteiger partial charge in [-0.25, -0.2) is 4.79 Å². The highest BCUT2D eigenvalue weighted by molar-refractivity contribution is 7.10. The van der Waals surface area contributed by atoms with E-state index in [-0.39, 0.29) is 32.1 Å². The minimum absolute atomic E-state index is 0.0565. The minimum atomic E-state index is -0.642. The molecular weight excluding hydrogens is 502 g/mol. The number of nitrogens with one attached hydrogen (secondary N) is 2. The second-order valence-electron chi connectivity index (χ2n) is 8.00. The van der Waals surface area contributed by atoms with Crippen molar-refractivity contribution in [2.24, 2.45) is 0 Å². The molecule has 3 heterocycles. The molecule has 1 aliphatic rings. The van der Waals surface area contributed by atoms with Crippen LogP contribution in [0.3, 0.4) is 0 Å². The number of amides is 3. The fourth-order valence-electron chi connectivity index (χ4n) is 3.70. The van der Waals surface area contributed by atoms with Gasteiger partial charge >= 0.3 is 12.0 Å². The van der Waals surface area contributed by atoms with E-state index in [0.717, 1.165) is 9.75 Å². The Morgan fingerprint density at radius 1 is 1.03 bits per heavy atom. The normalized spacial score (nSPS) is 12.6. The van der Waals surface area contributed by atoms with Crippen LogP contribution in [-0.2, 0) is 27.4 Å². The van der Waals surface area contributed by atoms with Crippen molar-refractivity contribution in [1.82, 2.24) is 15.5 Å². The molecule has 0 saturated heterocycles.